The Bertz CT molecular complexity index is 1220. The largest absolute Gasteiger partial charge is 0.462 e. The second-order valence-corrected chi connectivity index (χ2v) is 9.01. The minimum absolute atomic E-state index is 0.154. The van der Waals surface area contributed by atoms with Crippen molar-refractivity contribution < 1.29 is 18.8 Å². The molecule has 0 aliphatic rings. The van der Waals surface area contributed by atoms with Crippen LogP contribution in [0.25, 0.3) is 10.7 Å². The summed E-state index contributed by atoms with van der Waals surface area (Å²) in [5, 5.41) is 6.39. The van der Waals surface area contributed by atoms with Crippen LogP contribution in [0.4, 0.5) is 5.13 Å². The second-order valence-electron chi connectivity index (χ2n) is 7.09. The molecule has 0 fully saturated rings. The van der Waals surface area contributed by atoms with Crippen LogP contribution in [0, 0.1) is 6.92 Å². The van der Waals surface area contributed by atoms with Gasteiger partial charge in [-0.25, -0.2) is 9.78 Å². The highest BCUT2D eigenvalue weighted by Crippen LogP contribution is 2.29. The third-order valence-corrected chi connectivity index (χ3v) is 6.75. The Kier molecular flexibility index (Phi) is 7.26. The molecule has 4 aromatic rings. The van der Waals surface area contributed by atoms with Crippen molar-refractivity contribution in [1.29, 1.82) is 0 Å². The Hall–Kier alpha value is -3.37. The fourth-order valence-corrected chi connectivity index (χ4v) is 4.75. The lowest BCUT2D eigenvalue weighted by Gasteiger charge is -2.19. The van der Waals surface area contributed by atoms with Gasteiger partial charge in [0.2, 0.25) is 17.6 Å². The Morgan fingerprint density at radius 1 is 1.12 bits per heavy atom. The van der Waals surface area contributed by atoms with Gasteiger partial charge in [0.1, 0.15) is 4.88 Å². The number of benzene rings is 1. The molecular weight excluding hydrogens is 460 g/mol. The minimum Gasteiger partial charge on any atom is -0.462 e. The van der Waals surface area contributed by atoms with Crippen molar-refractivity contribution in [1.82, 2.24) is 15.1 Å². The predicted molar refractivity (Wildman–Crippen MR) is 126 cm³/mol. The van der Waals surface area contributed by atoms with Crippen molar-refractivity contribution in [2.75, 3.05) is 11.5 Å². The van der Waals surface area contributed by atoms with Gasteiger partial charge in [-0.15, -0.1) is 11.3 Å². The maximum Gasteiger partial charge on any atom is 0.350 e. The molecule has 10 heteroatoms. The summed E-state index contributed by atoms with van der Waals surface area (Å²) in [5.41, 5.74) is 1.49. The number of carbonyl (C=O) groups is 2. The number of thiazole rings is 1. The molecule has 0 unspecified atom stereocenters. The molecule has 0 aliphatic heterocycles. The highest BCUT2D eigenvalue weighted by molar-refractivity contribution is 7.17. The van der Waals surface area contributed by atoms with E-state index in [9.17, 15) is 9.59 Å². The van der Waals surface area contributed by atoms with Gasteiger partial charge in [0.05, 0.1) is 23.7 Å². The predicted octanol–water partition coefficient (Wildman–Crippen LogP) is 4.91. The molecule has 0 N–H and O–H groups in total. The zero-order valence-corrected chi connectivity index (χ0v) is 19.8. The quantitative estimate of drug-likeness (QED) is 0.313. The van der Waals surface area contributed by atoms with Crippen molar-refractivity contribution in [3.05, 3.63) is 69.9 Å². The average molecular weight is 483 g/mol. The van der Waals surface area contributed by atoms with Gasteiger partial charge in [0.15, 0.2) is 5.13 Å². The number of amides is 1. The molecule has 0 radical (unpaired) electrons. The zero-order valence-electron chi connectivity index (χ0n) is 18.2. The molecule has 0 bridgehead atoms. The first-order valence-electron chi connectivity index (χ1n) is 10.4. The minimum atomic E-state index is -0.433. The maximum absolute atomic E-state index is 13.3. The summed E-state index contributed by atoms with van der Waals surface area (Å²) in [5.74, 6) is 0.328. The first kappa shape index (κ1) is 22.8. The molecular formula is C23H22N4O4S2. The summed E-state index contributed by atoms with van der Waals surface area (Å²) in [6.45, 7) is 4.10. The molecule has 3 aromatic heterocycles. The molecule has 8 nitrogen and oxygen atoms in total. The van der Waals surface area contributed by atoms with E-state index in [1.54, 1.807) is 18.7 Å². The van der Waals surface area contributed by atoms with Crippen LogP contribution in [0.3, 0.4) is 0 Å². The molecule has 33 heavy (non-hydrogen) atoms. The number of nitrogens with zero attached hydrogens (tertiary/aromatic N) is 4. The molecule has 0 saturated heterocycles. The summed E-state index contributed by atoms with van der Waals surface area (Å²) in [6, 6.07) is 13.5. The molecule has 1 aromatic carbocycles. The summed E-state index contributed by atoms with van der Waals surface area (Å²) < 4.78 is 10.4. The Labute approximate surface area is 198 Å². The van der Waals surface area contributed by atoms with E-state index in [1.165, 1.54) is 11.3 Å². The Morgan fingerprint density at radius 3 is 2.67 bits per heavy atom. The topological polar surface area (TPSA) is 98.4 Å². The van der Waals surface area contributed by atoms with Crippen LogP contribution in [0.1, 0.15) is 40.2 Å². The van der Waals surface area contributed by atoms with Gasteiger partial charge < -0.3 is 9.26 Å². The summed E-state index contributed by atoms with van der Waals surface area (Å²) in [7, 11) is 0. The van der Waals surface area contributed by atoms with Crippen molar-refractivity contribution in [2.24, 2.45) is 0 Å². The van der Waals surface area contributed by atoms with Gasteiger partial charge in [-0.2, -0.15) is 4.98 Å². The van der Waals surface area contributed by atoms with Gasteiger partial charge in [0, 0.05) is 12.8 Å². The molecule has 3 heterocycles. The highest BCUT2D eigenvalue weighted by Gasteiger charge is 2.24. The average Bonchev–Trinajstić information content (AvgIpc) is 3.57. The van der Waals surface area contributed by atoms with E-state index >= 15 is 0 Å². The van der Waals surface area contributed by atoms with Gasteiger partial charge in [-0.3, -0.25) is 9.69 Å². The highest BCUT2D eigenvalue weighted by atomic mass is 32.1. The third-order valence-electron chi connectivity index (χ3n) is 4.72. The lowest BCUT2D eigenvalue weighted by Crippen LogP contribution is -2.30. The van der Waals surface area contributed by atoms with Gasteiger partial charge in [-0.1, -0.05) is 52.9 Å². The smallest absolute Gasteiger partial charge is 0.350 e. The number of rotatable bonds is 9. The van der Waals surface area contributed by atoms with E-state index in [1.807, 2.05) is 47.8 Å². The number of hydrogen-bond donors (Lipinski definition) is 0. The third kappa shape index (κ3) is 5.52. The molecule has 0 aliphatic carbocycles. The van der Waals surface area contributed by atoms with Crippen LogP contribution in [0.15, 0.2) is 52.4 Å². The lowest BCUT2D eigenvalue weighted by molar-refractivity contribution is -0.118. The molecule has 4 rings (SSSR count). The van der Waals surface area contributed by atoms with E-state index in [0.717, 1.165) is 21.8 Å². The number of aryl methyl sites for hydroxylation is 2. The van der Waals surface area contributed by atoms with Crippen LogP contribution >= 0.6 is 22.7 Å². The Balaban J connectivity index is 1.52. The number of carbonyl (C=O) groups excluding carboxylic acids is 2. The number of thiophene rings is 1. The van der Waals surface area contributed by atoms with Crippen LogP contribution in [-0.4, -0.2) is 33.6 Å². The summed E-state index contributed by atoms with van der Waals surface area (Å²) in [6.07, 6.45) is 0.462. The van der Waals surface area contributed by atoms with E-state index in [-0.39, 0.29) is 18.9 Å². The van der Waals surface area contributed by atoms with Crippen molar-refractivity contribution >= 4 is 39.7 Å². The first-order chi connectivity index (χ1) is 16.0. The lowest BCUT2D eigenvalue weighted by atomic mass is 10.2. The number of esters is 1. The molecule has 0 atom stereocenters. The number of hydrogen-bond acceptors (Lipinski definition) is 9. The van der Waals surface area contributed by atoms with Gasteiger partial charge >= 0.3 is 5.97 Å². The first-order valence-corrected chi connectivity index (χ1v) is 12.1. The number of aromatic nitrogens is 3. The van der Waals surface area contributed by atoms with Crippen LogP contribution in [-0.2, 0) is 22.5 Å². The van der Waals surface area contributed by atoms with E-state index in [2.05, 4.69) is 15.1 Å². The molecule has 1 amide bonds. The number of ether oxygens (including phenoxy) is 1. The van der Waals surface area contributed by atoms with Crippen molar-refractivity contribution in [3.63, 3.8) is 0 Å². The zero-order chi connectivity index (χ0) is 23.2. The van der Waals surface area contributed by atoms with Crippen LogP contribution in [0.5, 0.6) is 0 Å². The van der Waals surface area contributed by atoms with Crippen molar-refractivity contribution in [2.45, 2.75) is 33.2 Å². The standard InChI is InChI=1S/C23H22N4O4S2/c1-3-30-22(29)20-15(2)24-23(33-20)27(14-16-8-5-4-6-9-16)19(28)12-11-18-25-21(26-31-18)17-10-7-13-32-17/h4-10,13H,3,11-12,14H2,1-2H3. The fourth-order valence-electron chi connectivity index (χ4n) is 3.12. The monoisotopic (exact) mass is 482 g/mol. The van der Waals surface area contributed by atoms with Crippen LogP contribution in [0.2, 0.25) is 0 Å². The maximum atomic E-state index is 13.3. The van der Waals surface area contributed by atoms with Crippen molar-refractivity contribution in [3.8, 4) is 10.7 Å². The summed E-state index contributed by atoms with van der Waals surface area (Å²) in [4.78, 5) is 37.3. The molecule has 170 valence electrons. The van der Waals surface area contributed by atoms with E-state index in [0.29, 0.717) is 40.4 Å². The Morgan fingerprint density at radius 2 is 1.94 bits per heavy atom. The van der Waals surface area contributed by atoms with Gasteiger partial charge in [0.25, 0.3) is 0 Å². The molecule has 0 spiro atoms. The van der Waals surface area contributed by atoms with E-state index in [4.69, 9.17) is 9.26 Å². The van der Waals surface area contributed by atoms with Gasteiger partial charge in [-0.05, 0) is 30.9 Å². The van der Waals surface area contributed by atoms with Crippen LogP contribution < -0.4 is 4.90 Å². The van der Waals surface area contributed by atoms with E-state index < -0.39 is 5.97 Å². The SMILES string of the molecule is CCOC(=O)c1sc(N(Cc2ccccc2)C(=O)CCc2nc(-c3cccs3)no2)nc1C. The second kappa shape index (κ2) is 10.5. The fraction of sp³-hybridized carbons (Fsp3) is 0.261. The molecule has 0 saturated carbocycles. The summed E-state index contributed by atoms with van der Waals surface area (Å²) >= 11 is 2.68. The normalized spacial score (nSPS) is 10.8. The number of anilines is 1.